The third-order valence-electron chi connectivity index (χ3n) is 5.08. The lowest BCUT2D eigenvalue weighted by Crippen LogP contribution is -2.41. The van der Waals surface area contributed by atoms with Gasteiger partial charge in [-0.05, 0) is 63.3 Å². The third-order valence-corrected chi connectivity index (χ3v) is 7.39. The van der Waals surface area contributed by atoms with Gasteiger partial charge in [-0.2, -0.15) is 4.72 Å². The van der Waals surface area contributed by atoms with Gasteiger partial charge in [-0.25, -0.2) is 17.2 Å². The first-order chi connectivity index (χ1) is 14.5. The van der Waals surface area contributed by atoms with Gasteiger partial charge in [-0.15, -0.1) is 11.3 Å². The largest absolute Gasteiger partial charge is 0.306 e. The first kappa shape index (κ1) is 23.8. The molecule has 0 aliphatic carbocycles. The van der Waals surface area contributed by atoms with Crippen molar-refractivity contribution in [3.05, 3.63) is 56.1 Å². The van der Waals surface area contributed by atoms with Crippen LogP contribution in [-0.2, 0) is 14.8 Å². The van der Waals surface area contributed by atoms with Gasteiger partial charge < -0.3 is 9.80 Å². The molecule has 1 aromatic heterocycles. The number of hydrogen-bond acceptors (Lipinski definition) is 5. The van der Waals surface area contributed by atoms with E-state index in [0.717, 1.165) is 10.3 Å². The molecule has 6 nitrogen and oxygen atoms in total. The molecule has 2 heterocycles. The van der Waals surface area contributed by atoms with Crippen molar-refractivity contribution in [2.75, 3.05) is 25.5 Å². The van der Waals surface area contributed by atoms with Crippen LogP contribution in [0.4, 0.5) is 14.5 Å². The minimum Gasteiger partial charge on any atom is -0.306 e. The Labute approximate surface area is 189 Å². The first-order valence-corrected chi connectivity index (χ1v) is 12.1. The van der Waals surface area contributed by atoms with Crippen molar-refractivity contribution in [2.24, 2.45) is 0 Å². The van der Waals surface area contributed by atoms with E-state index in [2.05, 4.69) is 4.72 Å². The number of benzene rings is 1. The average Bonchev–Trinajstić information content (AvgIpc) is 3.25. The van der Waals surface area contributed by atoms with Crippen LogP contribution < -0.4 is 9.62 Å². The van der Waals surface area contributed by atoms with E-state index in [0.29, 0.717) is 14.8 Å². The fraction of sp³-hybridized carbons (Fsp3) is 0.350. The minimum atomic E-state index is -3.95. The van der Waals surface area contributed by atoms with Crippen molar-refractivity contribution in [1.82, 2.24) is 9.62 Å². The summed E-state index contributed by atoms with van der Waals surface area (Å²) in [5, 5.41) is 0.934. The zero-order chi connectivity index (χ0) is 22.9. The van der Waals surface area contributed by atoms with Gasteiger partial charge in [0.05, 0.1) is 4.34 Å². The Morgan fingerprint density at radius 1 is 1.29 bits per heavy atom. The smallest absolute Gasteiger partial charge is 0.245 e. The van der Waals surface area contributed by atoms with E-state index in [1.165, 1.54) is 29.5 Å². The maximum atomic E-state index is 14.7. The van der Waals surface area contributed by atoms with Crippen LogP contribution in [0.5, 0.6) is 0 Å². The molecule has 0 spiro atoms. The Bertz CT molecular complexity index is 1100. The molecule has 1 fully saturated rings. The second-order valence-corrected chi connectivity index (χ2v) is 10.8. The number of nitrogens with zero attached hydrogens (tertiary/aromatic N) is 2. The quantitative estimate of drug-likeness (QED) is 0.638. The molecule has 168 valence electrons. The molecule has 0 saturated carbocycles. The van der Waals surface area contributed by atoms with Crippen LogP contribution >= 0.6 is 22.9 Å². The summed E-state index contributed by atoms with van der Waals surface area (Å²) in [6.07, 6.45) is 1.45. The van der Waals surface area contributed by atoms with E-state index in [9.17, 15) is 22.0 Å². The van der Waals surface area contributed by atoms with Gasteiger partial charge in [0.2, 0.25) is 15.9 Å². The third kappa shape index (κ3) is 5.50. The molecule has 1 amide bonds. The van der Waals surface area contributed by atoms with E-state index in [1.54, 1.807) is 38.1 Å². The number of rotatable bonds is 7. The van der Waals surface area contributed by atoms with E-state index < -0.39 is 39.3 Å². The lowest BCUT2D eigenvalue weighted by molar-refractivity contribution is -0.118. The molecule has 1 aromatic carbocycles. The predicted molar refractivity (Wildman–Crippen MR) is 120 cm³/mol. The van der Waals surface area contributed by atoms with E-state index >= 15 is 0 Å². The number of carbonyl (C=O) groups excluding carboxylic acids is 1. The molecule has 11 heteroatoms. The first-order valence-electron chi connectivity index (χ1n) is 9.41. The molecule has 1 aliphatic rings. The zero-order valence-corrected chi connectivity index (χ0v) is 19.5. The summed E-state index contributed by atoms with van der Waals surface area (Å²) in [4.78, 5) is 16.1. The fourth-order valence-electron chi connectivity index (χ4n) is 3.21. The van der Waals surface area contributed by atoms with Crippen molar-refractivity contribution < 1.29 is 22.0 Å². The molecule has 1 N–H and O–H groups in total. The SMILES string of the molecule is C[C@H](c1cc(F)c(N2CC[C@H](NS(=O)(=O)C=Cc3ccc(Cl)s3)C2=O)c(F)c1)N(C)C. The van der Waals surface area contributed by atoms with Gasteiger partial charge in [0.1, 0.15) is 23.4 Å². The molecule has 1 aliphatic heterocycles. The molecule has 31 heavy (non-hydrogen) atoms. The lowest BCUT2D eigenvalue weighted by atomic mass is 10.1. The van der Waals surface area contributed by atoms with Crippen molar-refractivity contribution in [1.29, 1.82) is 0 Å². The molecule has 1 saturated heterocycles. The van der Waals surface area contributed by atoms with Crippen molar-refractivity contribution in [2.45, 2.75) is 25.4 Å². The molecule has 0 unspecified atom stereocenters. The summed E-state index contributed by atoms with van der Waals surface area (Å²) in [5.74, 6) is -2.44. The van der Waals surface area contributed by atoms with Crippen molar-refractivity contribution in [3.8, 4) is 0 Å². The molecular weight excluding hydrogens is 468 g/mol. The zero-order valence-electron chi connectivity index (χ0n) is 17.1. The minimum absolute atomic E-state index is 0.00725. The average molecular weight is 490 g/mol. The highest BCUT2D eigenvalue weighted by Gasteiger charge is 2.37. The number of thiophene rings is 1. The highest BCUT2D eigenvalue weighted by atomic mass is 35.5. The van der Waals surface area contributed by atoms with Gasteiger partial charge in [-0.1, -0.05) is 11.6 Å². The second kappa shape index (κ2) is 9.33. The molecule has 0 bridgehead atoms. The molecular formula is C20H22ClF2N3O3S2. The monoisotopic (exact) mass is 489 g/mol. The standard InChI is InChI=1S/C20H22ClF2N3O3S2/c1-12(25(2)3)13-10-15(22)19(16(23)11-13)26-8-6-17(20(26)27)24-31(28,29)9-7-14-4-5-18(21)30-14/h4-5,7,9-12,17,24H,6,8H2,1-3H3/t12-,17+/m1/s1. The fourth-order valence-corrected chi connectivity index (χ4v) is 5.28. The molecule has 2 atom stereocenters. The van der Waals surface area contributed by atoms with E-state index in [-0.39, 0.29) is 19.0 Å². The van der Waals surface area contributed by atoms with Crippen LogP contribution in [0, 0.1) is 11.6 Å². The number of nitrogens with one attached hydrogen (secondary N) is 1. The van der Waals surface area contributed by atoms with Gasteiger partial charge in [0.15, 0.2) is 0 Å². The van der Waals surface area contributed by atoms with Crippen molar-refractivity contribution in [3.63, 3.8) is 0 Å². The summed E-state index contributed by atoms with van der Waals surface area (Å²) in [6.45, 7) is 1.80. The highest BCUT2D eigenvalue weighted by Crippen LogP contribution is 2.31. The second-order valence-electron chi connectivity index (χ2n) is 7.41. The topological polar surface area (TPSA) is 69.7 Å². The van der Waals surface area contributed by atoms with Crippen LogP contribution in [0.1, 0.15) is 29.8 Å². The number of halogens is 3. The van der Waals surface area contributed by atoms with Crippen LogP contribution in [0.25, 0.3) is 6.08 Å². The number of carbonyl (C=O) groups is 1. The van der Waals surface area contributed by atoms with Gasteiger partial charge >= 0.3 is 0 Å². The maximum Gasteiger partial charge on any atom is 0.245 e. The van der Waals surface area contributed by atoms with Crippen LogP contribution in [0.15, 0.2) is 29.7 Å². The number of hydrogen-bond donors (Lipinski definition) is 1. The number of sulfonamides is 1. The Morgan fingerprint density at radius 2 is 1.94 bits per heavy atom. The summed E-state index contributed by atoms with van der Waals surface area (Å²) in [6, 6.07) is 4.36. The van der Waals surface area contributed by atoms with E-state index in [1.807, 2.05) is 0 Å². The van der Waals surface area contributed by atoms with E-state index in [4.69, 9.17) is 11.6 Å². The summed E-state index contributed by atoms with van der Waals surface area (Å²) in [7, 11) is -0.371. The van der Waals surface area contributed by atoms with Gasteiger partial charge in [0, 0.05) is 22.9 Å². The summed E-state index contributed by atoms with van der Waals surface area (Å²) >= 11 is 7.02. The molecule has 3 rings (SSSR count). The predicted octanol–water partition coefficient (Wildman–Crippen LogP) is 4.00. The van der Waals surface area contributed by atoms with Gasteiger partial charge in [-0.3, -0.25) is 4.79 Å². The highest BCUT2D eigenvalue weighted by molar-refractivity contribution is 7.92. The Hall–Kier alpha value is -1.85. The Morgan fingerprint density at radius 3 is 2.48 bits per heavy atom. The van der Waals surface area contributed by atoms with Gasteiger partial charge in [0.25, 0.3) is 0 Å². The number of anilines is 1. The van der Waals surface area contributed by atoms with Crippen LogP contribution in [-0.4, -0.2) is 45.9 Å². The number of amides is 1. The normalized spacial score (nSPS) is 18.5. The lowest BCUT2D eigenvalue weighted by Gasteiger charge is -2.23. The van der Waals surface area contributed by atoms with Crippen LogP contribution in [0.3, 0.4) is 0 Å². The van der Waals surface area contributed by atoms with Crippen LogP contribution in [0.2, 0.25) is 4.34 Å². The van der Waals surface area contributed by atoms with Crippen molar-refractivity contribution >= 4 is 50.6 Å². The molecule has 0 radical (unpaired) electrons. The Kier molecular flexibility index (Phi) is 7.17. The Balaban J connectivity index is 1.76. The summed E-state index contributed by atoms with van der Waals surface area (Å²) < 4.78 is 56.9. The maximum absolute atomic E-state index is 14.7. The molecule has 2 aromatic rings. The summed E-state index contributed by atoms with van der Waals surface area (Å²) in [5.41, 5.74) is -0.0309.